The first-order valence-corrected chi connectivity index (χ1v) is 9.11. The van der Waals surface area contributed by atoms with Gasteiger partial charge in [0.15, 0.2) is 11.5 Å². The van der Waals surface area contributed by atoms with Crippen molar-refractivity contribution in [3.05, 3.63) is 47.1 Å². The molecule has 3 aromatic rings. The fourth-order valence-electron chi connectivity index (χ4n) is 3.12. The number of imidazole rings is 1. The van der Waals surface area contributed by atoms with Crippen LogP contribution in [0, 0.1) is 0 Å². The highest BCUT2D eigenvalue weighted by molar-refractivity contribution is 6.31. The predicted octanol–water partition coefficient (Wildman–Crippen LogP) is 3.90. The number of nitrogens with one attached hydrogen (secondary N) is 1. The molecular formula is C18H18ClF3N6. The van der Waals surface area contributed by atoms with Gasteiger partial charge < -0.3 is 15.1 Å². The van der Waals surface area contributed by atoms with E-state index in [1.165, 1.54) is 18.3 Å². The van der Waals surface area contributed by atoms with Crippen LogP contribution in [0.3, 0.4) is 0 Å². The fraction of sp³-hybridized carbons (Fsp3) is 0.333. The van der Waals surface area contributed by atoms with Crippen LogP contribution in [0.15, 0.2) is 36.5 Å². The van der Waals surface area contributed by atoms with Crippen LogP contribution in [0.25, 0.3) is 5.65 Å². The Hall–Kier alpha value is -2.52. The van der Waals surface area contributed by atoms with E-state index in [4.69, 9.17) is 11.6 Å². The zero-order valence-corrected chi connectivity index (χ0v) is 15.8. The van der Waals surface area contributed by atoms with Crippen molar-refractivity contribution in [2.45, 2.75) is 6.18 Å². The van der Waals surface area contributed by atoms with Gasteiger partial charge in [0.25, 0.3) is 0 Å². The van der Waals surface area contributed by atoms with E-state index in [0.717, 1.165) is 38.1 Å². The fourth-order valence-corrected chi connectivity index (χ4v) is 3.35. The van der Waals surface area contributed by atoms with Crippen LogP contribution < -0.4 is 10.2 Å². The van der Waals surface area contributed by atoms with Crippen LogP contribution in [0.5, 0.6) is 0 Å². The molecule has 1 N–H and O–H groups in total. The molecule has 2 aromatic heterocycles. The molecule has 0 bridgehead atoms. The van der Waals surface area contributed by atoms with Gasteiger partial charge in [0, 0.05) is 31.9 Å². The first-order chi connectivity index (χ1) is 13.3. The number of hydrogen-bond acceptors (Lipinski definition) is 5. The number of hydrogen-bond donors (Lipinski definition) is 1. The minimum atomic E-state index is -4.53. The molecule has 0 saturated carbocycles. The molecule has 1 aromatic carbocycles. The molecule has 6 nitrogen and oxygen atoms in total. The lowest BCUT2D eigenvalue weighted by atomic mass is 10.2. The summed E-state index contributed by atoms with van der Waals surface area (Å²) < 4.78 is 40.9. The summed E-state index contributed by atoms with van der Waals surface area (Å²) in [6.07, 6.45) is -2.99. The molecule has 0 atom stereocenters. The van der Waals surface area contributed by atoms with Gasteiger partial charge in [-0.1, -0.05) is 11.6 Å². The number of halogens is 4. The molecule has 0 aliphatic carbocycles. The third-order valence-corrected chi connectivity index (χ3v) is 5.05. The van der Waals surface area contributed by atoms with Gasteiger partial charge in [-0.3, -0.25) is 0 Å². The molecule has 10 heteroatoms. The summed E-state index contributed by atoms with van der Waals surface area (Å²) in [4.78, 5) is 8.69. The van der Waals surface area contributed by atoms with Crippen molar-refractivity contribution in [2.75, 3.05) is 43.4 Å². The molecule has 0 spiro atoms. The Morgan fingerprint density at radius 3 is 2.54 bits per heavy atom. The number of alkyl halides is 3. The summed E-state index contributed by atoms with van der Waals surface area (Å²) in [7, 11) is 2.08. The summed E-state index contributed by atoms with van der Waals surface area (Å²) in [5, 5.41) is 7.23. The predicted molar refractivity (Wildman–Crippen MR) is 102 cm³/mol. The molecule has 1 aliphatic heterocycles. The van der Waals surface area contributed by atoms with Crippen LogP contribution in [0.2, 0.25) is 5.02 Å². The van der Waals surface area contributed by atoms with Gasteiger partial charge in [-0.25, -0.2) is 4.98 Å². The summed E-state index contributed by atoms with van der Waals surface area (Å²) in [6.45, 7) is 3.61. The number of aromatic nitrogens is 3. The minimum Gasteiger partial charge on any atom is -0.353 e. The van der Waals surface area contributed by atoms with E-state index in [-0.39, 0.29) is 10.7 Å². The van der Waals surface area contributed by atoms with Gasteiger partial charge in [-0.2, -0.15) is 17.7 Å². The van der Waals surface area contributed by atoms with Gasteiger partial charge in [-0.15, -0.1) is 5.10 Å². The Balaban J connectivity index is 1.64. The lowest BCUT2D eigenvalue weighted by Crippen LogP contribution is -2.44. The summed E-state index contributed by atoms with van der Waals surface area (Å²) in [6, 6.07) is 7.43. The standard InChI is InChI=1S/C18H18ClF3N6/c1-26-6-8-27(9-7-26)16-5-4-15-23-11-17(28(15)25-16)24-12-2-3-14(19)13(10-12)18(20,21)22/h2-5,10-11,24H,6-9H2,1H3. The number of likely N-dealkylation sites (N-methyl/N-ethyl adjacent to an activating group) is 1. The molecule has 1 aliphatic rings. The Labute approximate surface area is 164 Å². The summed E-state index contributed by atoms with van der Waals surface area (Å²) in [5.41, 5.74) is -0.0326. The molecule has 1 fully saturated rings. The highest BCUT2D eigenvalue weighted by atomic mass is 35.5. The average molecular weight is 411 g/mol. The number of nitrogens with zero attached hydrogens (tertiary/aromatic N) is 5. The van der Waals surface area contributed by atoms with Crippen molar-refractivity contribution in [3.63, 3.8) is 0 Å². The van der Waals surface area contributed by atoms with Crippen LogP contribution in [0.1, 0.15) is 5.56 Å². The Kier molecular flexibility index (Phi) is 4.80. The number of benzene rings is 1. The molecule has 148 valence electrons. The van der Waals surface area contributed by atoms with Crippen LogP contribution in [-0.4, -0.2) is 52.7 Å². The topological polar surface area (TPSA) is 48.7 Å². The van der Waals surface area contributed by atoms with Crippen molar-refractivity contribution >= 4 is 34.6 Å². The zero-order valence-electron chi connectivity index (χ0n) is 15.0. The molecule has 0 amide bonds. The monoisotopic (exact) mass is 410 g/mol. The van der Waals surface area contributed by atoms with Crippen LogP contribution in [0.4, 0.5) is 30.5 Å². The van der Waals surface area contributed by atoms with Gasteiger partial charge >= 0.3 is 6.18 Å². The van der Waals surface area contributed by atoms with Gasteiger partial charge in [-0.05, 0) is 37.4 Å². The van der Waals surface area contributed by atoms with Crippen molar-refractivity contribution in [3.8, 4) is 0 Å². The smallest absolute Gasteiger partial charge is 0.353 e. The number of rotatable bonds is 3. The van der Waals surface area contributed by atoms with E-state index in [0.29, 0.717) is 11.5 Å². The van der Waals surface area contributed by atoms with E-state index in [1.807, 2.05) is 12.1 Å². The van der Waals surface area contributed by atoms with E-state index in [1.54, 1.807) is 4.52 Å². The molecular weight excluding hydrogens is 393 g/mol. The first-order valence-electron chi connectivity index (χ1n) is 8.73. The highest BCUT2D eigenvalue weighted by Gasteiger charge is 2.33. The second-order valence-electron chi connectivity index (χ2n) is 6.71. The van der Waals surface area contributed by atoms with E-state index in [2.05, 4.69) is 32.2 Å². The quantitative estimate of drug-likeness (QED) is 0.709. The average Bonchev–Trinajstić information content (AvgIpc) is 3.05. The van der Waals surface area contributed by atoms with Crippen LogP contribution >= 0.6 is 11.6 Å². The maximum absolute atomic E-state index is 13.1. The van der Waals surface area contributed by atoms with Gasteiger partial charge in [0.05, 0.1) is 16.8 Å². The molecule has 28 heavy (non-hydrogen) atoms. The van der Waals surface area contributed by atoms with Crippen molar-refractivity contribution in [1.82, 2.24) is 19.5 Å². The molecule has 4 rings (SSSR count). The third kappa shape index (κ3) is 3.72. The minimum absolute atomic E-state index is 0.255. The van der Waals surface area contributed by atoms with Crippen molar-refractivity contribution in [1.29, 1.82) is 0 Å². The second kappa shape index (κ2) is 7.14. The van der Waals surface area contributed by atoms with E-state index < -0.39 is 11.7 Å². The molecule has 0 unspecified atom stereocenters. The summed E-state index contributed by atoms with van der Waals surface area (Å²) in [5.74, 6) is 1.27. The van der Waals surface area contributed by atoms with Gasteiger partial charge in [0.1, 0.15) is 5.82 Å². The van der Waals surface area contributed by atoms with Crippen molar-refractivity contribution < 1.29 is 13.2 Å². The molecule has 3 heterocycles. The largest absolute Gasteiger partial charge is 0.417 e. The van der Waals surface area contributed by atoms with Gasteiger partial charge in [0.2, 0.25) is 0 Å². The molecule has 1 saturated heterocycles. The normalized spacial score (nSPS) is 16.0. The SMILES string of the molecule is CN1CCN(c2ccc3ncc(Nc4ccc(Cl)c(C(F)(F)F)c4)n3n2)CC1. The Morgan fingerprint density at radius 2 is 1.82 bits per heavy atom. The highest BCUT2D eigenvalue weighted by Crippen LogP contribution is 2.36. The number of piperazine rings is 1. The second-order valence-corrected chi connectivity index (χ2v) is 7.12. The third-order valence-electron chi connectivity index (χ3n) is 4.72. The van der Waals surface area contributed by atoms with Crippen LogP contribution in [-0.2, 0) is 6.18 Å². The number of anilines is 3. The van der Waals surface area contributed by atoms with Crippen molar-refractivity contribution in [2.24, 2.45) is 0 Å². The van der Waals surface area contributed by atoms with E-state index >= 15 is 0 Å². The number of fused-ring (bicyclic) bond motifs is 1. The first kappa shape index (κ1) is 18.8. The Morgan fingerprint density at radius 1 is 1.07 bits per heavy atom. The van der Waals surface area contributed by atoms with E-state index in [9.17, 15) is 13.2 Å². The Bertz CT molecular complexity index is 995. The summed E-state index contributed by atoms with van der Waals surface area (Å²) >= 11 is 5.69. The lowest BCUT2D eigenvalue weighted by Gasteiger charge is -2.33. The lowest BCUT2D eigenvalue weighted by molar-refractivity contribution is -0.137. The maximum Gasteiger partial charge on any atom is 0.417 e. The zero-order chi connectivity index (χ0) is 19.9. The molecule has 0 radical (unpaired) electrons. The maximum atomic E-state index is 13.1.